The average molecular weight is 654 g/mol. The number of carbonyl (C=O) groups excluding carboxylic acids is 1. The highest BCUT2D eigenvalue weighted by Gasteiger charge is 2.41. The minimum absolute atomic E-state index is 0.0491. The highest BCUT2D eigenvalue weighted by atomic mass is 79.9. The number of anilines is 2. The third kappa shape index (κ3) is 7.46. The third-order valence-electron chi connectivity index (χ3n) is 6.87. The SMILES string of the molecule is Cc1ccccc1-c1cc(N(C)CC#CCCBr)ncc1N(C)C(=O)C(C)(C)c1cc(C(F)(F)F)cc(C(F)(F)F)c1. The van der Waals surface area contributed by atoms with E-state index >= 15 is 0 Å². The van der Waals surface area contributed by atoms with Crippen LogP contribution in [0.4, 0.5) is 37.8 Å². The van der Waals surface area contributed by atoms with E-state index in [1.165, 1.54) is 32.0 Å². The summed E-state index contributed by atoms with van der Waals surface area (Å²) < 4.78 is 81.4. The van der Waals surface area contributed by atoms with Crippen LogP contribution >= 0.6 is 15.9 Å². The lowest BCUT2D eigenvalue weighted by atomic mass is 9.81. The molecule has 4 nitrogen and oxygen atoms in total. The number of aromatic nitrogens is 1. The number of aryl methyl sites for hydroxylation is 1. The van der Waals surface area contributed by atoms with Crippen LogP contribution in [0.2, 0.25) is 0 Å². The minimum Gasteiger partial charge on any atom is -0.349 e. The number of nitrogens with zero attached hydrogens (tertiary/aromatic N) is 3. The molecule has 0 aliphatic heterocycles. The fraction of sp³-hybridized carbons (Fsp3) is 0.355. The van der Waals surface area contributed by atoms with Crippen LogP contribution < -0.4 is 9.80 Å². The van der Waals surface area contributed by atoms with Crippen LogP contribution in [-0.2, 0) is 22.6 Å². The summed E-state index contributed by atoms with van der Waals surface area (Å²) in [6.07, 6.45) is -7.92. The highest BCUT2D eigenvalue weighted by Crippen LogP contribution is 2.41. The Morgan fingerprint density at radius 3 is 2.00 bits per heavy atom. The normalized spacial score (nSPS) is 12.0. The molecular formula is C31H30BrF6N3O. The topological polar surface area (TPSA) is 36.4 Å². The molecule has 0 fully saturated rings. The van der Waals surface area contributed by atoms with E-state index in [1.807, 2.05) is 43.1 Å². The summed E-state index contributed by atoms with van der Waals surface area (Å²) in [4.78, 5) is 21.4. The quantitative estimate of drug-likeness (QED) is 0.146. The van der Waals surface area contributed by atoms with Gasteiger partial charge in [-0.1, -0.05) is 46.1 Å². The van der Waals surface area contributed by atoms with Crippen LogP contribution in [0, 0.1) is 18.8 Å². The zero-order valence-electron chi connectivity index (χ0n) is 23.7. The summed E-state index contributed by atoms with van der Waals surface area (Å²) in [6, 6.07) is 10.5. The largest absolute Gasteiger partial charge is 0.416 e. The van der Waals surface area contributed by atoms with E-state index in [0.717, 1.165) is 16.5 Å². The van der Waals surface area contributed by atoms with Gasteiger partial charge >= 0.3 is 12.4 Å². The summed E-state index contributed by atoms with van der Waals surface area (Å²) in [5.41, 5.74) is -2.51. The number of likely N-dealkylation sites (N-methyl/N-ethyl adjacent to an activating group) is 1. The van der Waals surface area contributed by atoms with Crippen LogP contribution in [0.3, 0.4) is 0 Å². The first-order valence-corrected chi connectivity index (χ1v) is 14.0. The van der Waals surface area contributed by atoms with E-state index in [-0.39, 0.29) is 6.07 Å². The number of rotatable bonds is 7. The van der Waals surface area contributed by atoms with Crippen molar-refractivity contribution in [1.82, 2.24) is 4.98 Å². The standard InChI is InChI=1S/C31H30BrF6N3O/c1-20-11-7-8-12-24(20)25-18-27(40(4)14-10-6-9-13-32)39-19-26(25)41(5)28(42)29(2,3)21-15-22(30(33,34)35)17-23(16-21)31(36,37)38/h7-8,11-12,15-19H,9,13-14H2,1-5H3. The Morgan fingerprint density at radius 1 is 0.881 bits per heavy atom. The van der Waals surface area contributed by atoms with Gasteiger partial charge in [0.15, 0.2) is 0 Å². The van der Waals surface area contributed by atoms with Crippen molar-refractivity contribution in [3.8, 4) is 23.0 Å². The van der Waals surface area contributed by atoms with E-state index in [0.29, 0.717) is 42.2 Å². The lowest BCUT2D eigenvalue weighted by molar-refractivity contribution is -0.143. The van der Waals surface area contributed by atoms with Gasteiger partial charge < -0.3 is 9.80 Å². The maximum Gasteiger partial charge on any atom is 0.416 e. The first-order valence-electron chi connectivity index (χ1n) is 12.9. The van der Waals surface area contributed by atoms with Gasteiger partial charge in [-0.3, -0.25) is 4.79 Å². The molecule has 0 atom stereocenters. The van der Waals surface area contributed by atoms with Crippen molar-refractivity contribution in [2.75, 3.05) is 35.8 Å². The van der Waals surface area contributed by atoms with E-state index < -0.39 is 40.4 Å². The van der Waals surface area contributed by atoms with Crippen LogP contribution in [0.25, 0.3) is 11.1 Å². The number of hydrogen-bond donors (Lipinski definition) is 0. The Balaban J connectivity index is 2.12. The minimum atomic E-state index is -5.04. The Kier molecular flexibility index (Phi) is 10.0. The maximum atomic E-state index is 13.9. The van der Waals surface area contributed by atoms with Crippen LogP contribution in [0.1, 0.15) is 42.5 Å². The van der Waals surface area contributed by atoms with E-state index in [2.05, 4.69) is 32.8 Å². The number of benzene rings is 2. The molecule has 0 aliphatic carbocycles. The predicted molar refractivity (Wildman–Crippen MR) is 157 cm³/mol. The molecule has 0 saturated heterocycles. The van der Waals surface area contributed by atoms with Crippen molar-refractivity contribution in [1.29, 1.82) is 0 Å². The molecule has 2 aromatic carbocycles. The Hall–Kier alpha value is -3.52. The molecule has 0 bridgehead atoms. The molecule has 1 heterocycles. The highest BCUT2D eigenvalue weighted by molar-refractivity contribution is 9.09. The molecule has 42 heavy (non-hydrogen) atoms. The first kappa shape index (κ1) is 33.0. The number of alkyl halides is 7. The molecule has 0 N–H and O–H groups in total. The van der Waals surface area contributed by atoms with Gasteiger partial charge in [-0.15, -0.1) is 5.92 Å². The van der Waals surface area contributed by atoms with Gasteiger partial charge in [-0.2, -0.15) is 26.3 Å². The number of pyridine rings is 1. The molecule has 0 saturated carbocycles. The molecule has 1 aromatic heterocycles. The second-order valence-electron chi connectivity index (χ2n) is 10.3. The summed E-state index contributed by atoms with van der Waals surface area (Å²) in [6.45, 7) is 4.89. The van der Waals surface area contributed by atoms with Gasteiger partial charge in [-0.25, -0.2) is 4.98 Å². The zero-order valence-corrected chi connectivity index (χ0v) is 25.3. The van der Waals surface area contributed by atoms with Crippen molar-refractivity contribution >= 4 is 33.3 Å². The monoisotopic (exact) mass is 653 g/mol. The van der Waals surface area contributed by atoms with Crippen molar-refractivity contribution in [3.63, 3.8) is 0 Å². The number of hydrogen-bond acceptors (Lipinski definition) is 3. The summed E-state index contributed by atoms with van der Waals surface area (Å²) in [5, 5.41) is 0.753. The number of halogens is 7. The van der Waals surface area contributed by atoms with Crippen molar-refractivity contribution in [3.05, 3.63) is 77.0 Å². The molecule has 0 radical (unpaired) electrons. The van der Waals surface area contributed by atoms with Crippen LogP contribution in [0.5, 0.6) is 0 Å². The van der Waals surface area contributed by atoms with E-state index in [1.54, 1.807) is 6.07 Å². The molecule has 11 heteroatoms. The van der Waals surface area contributed by atoms with Gasteiger partial charge in [0.1, 0.15) is 5.82 Å². The number of carbonyl (C=O) groups is 1. The molecule has 0 unspecified atom stereocenters. The molecular weight excluding hydrogens is 624 g/mol. The van der Waals surface area contributed by atoms with Crippen molar-refractivity contribution in [2.45, 2.75) is 45.0 Å². The molecule has 3 rings (SSSR count). The molecule has 1 amide bonds. The first-order chi connectivity index (χ1) is 19.5. The fourth-order valence-electron chi connectivity index (χ4n) is 4.36. The summed E-state index contributed by atoms with van der Waals surface area (Å²) in [7, 11) is 3.24. The number of amides is 1. The summed E-state index contributed by atoms with van der Waals surface area (Å²) >= 11 is 3.33. The van der Waals surface area contributed by atoms with Crippen LogP contribution in [0.15, 0.2) is 54.7 Å². The lowest BCUT2D eigenvalue weighted by Crippen LogP contribution is -2.42. The van der Waals surface area contributed by atoms with Crippen LogP contribution in [-0.4, -0.2) is 36.9 Å². The van der Waals surface area contributed by atoms with Gasteiger partial charge in [-0.05, 0) is 61.7 Å². The van der Waals surface area contributed by atoms with Gasteiger partial charge in [0.25, 0.3) is 0 Å². The smallest absolute Gasteiger partial charge is 0.349 e. The molecule has 3 aromatic rings. The predicted octanol–water partition coefficient (Wildman–Crippen LogP) is 8.26. The molecule has 0 aliphatic rings. The van der Waals surface area contributed by atoms with Gasteiger partial charge in [0, 0.05) is 31.4 Å². The van der Waals surface area contributed by atoms with Crippen molar-refractivity contribution < 1.29 is 31.1 Å². The Morgan fingerprint density at radius 2 is 1.45 bits per heavy atom. The Labute approximate surface area is 249 Å². The Bertz CT molecular complexity index is 1470. The average Bonchev–Trinajstić information content (AvgIpc) is 2.93. The zero-order chi connectivity index (χ0) is 31.5. The third-order valence-corrected chi connectivity index (χ3v) is 7.26. The molecule has 224 valence electrons. The fourth-order valence-corrected chi connectivity index (χ4v) is 4.56. The summed E-state index contributed by atoms with van der Waals surface area (Å²) in [5.74, 6) is 5.95. The van der Waals surface area contributed by atoms with E-state index in [4.69, 9.17) is 0 Å². The second-order valence-corrected chi connectivity index (χ2v) is 11.1. The second kappa shape index (κ2) is 12.8. The van der Waals surface area contributed by atoms with E-state index in [9.17, 15) is 31.1 Å². The molecule has 0 spiro atoms. The van der Waals surface area contributed by atoms with Gasteiger partial charge in [0.2, 0.25) is 5.91 Å². The maximum absolute atomic E-state index is 13.9. The lowest BCUT2D eigenvalue weighted by Gasteiger charge is -2.32. The van der Waals surface area contributed by atoms with Gasteiger partial charge in [0.05, 0.1) is 35.0 Å². The van der Waals surface area contributed by atoms with Crippen molar-refractivity contribution in [2.24, 2.45) is 0 Å².